The number of methoxy groups -OCH3 is 1. The molecule has 0 atom stereocenters. The highest BCUT2D eigenvalue weighted by Crippen LogP contribution is 2.31. The molecule has 0 spiro atoms. The van der Waals surface area contributed by atoms with Gasteiger partial charge in [0.25, 0.3) is 0 Å². The summed E-state index contributed by atoms with van der Waals surface area (Å²) in [7, 11) is 1.65. The third-order valence-electron chi connectivity index (χ3n) is 5.61. The number of nitrogens with zero attached hydrogens (tertiary/aromatic N) is 5. The van der Waals surface area contributed by atoms with Gasteiger partial charge < -0.3 is 19.1 Å². The largest absolute Gasteiger partial charge is 0.493 e. The highest BCUT2D eigenvalue weighted by molar-refractivity contribution is 5.53. The molecule has 0 aliphatic carbocycles. The second-order valence-corrected chi connectivity index (χ2v) is 7.64. The summed E-state index contributed by atoms with van der Waals surface area (Å²) < 4.78 is 18.9. The van der Waals surface area contributed by atoms with Crippen LogP contribution in [0.15, 0.2) is 24.3 Å². The molecule has 0 amide bonds. The number of aryl methyl sites for hydroxylation is 1. The second-order valence-electron chi connectivity index (χ2n) is 7.64. The molecule has 1 saturated heterocycles. The zero-order chi connectivity index (χ0) is 19.8. The lowest BCUT2D eigenvalue weighted by atomic mass is 10.1. The van der Waals surface area contributed by atoms with E-state index in [0.717, 1.165) is 67.5 Å². The number of rotatable bonds is 5. The van der Waals surface area contributed by atoms with E-state index in [1.165, 1.54) is 5.56 Å². The smallest absolute Gasteiger partial charge is 0.180 e. The maximum Gasteiger partial charge on any atom is 0.180 e. The number of hydrogen-bond donors (Lipinski definition) is 0. The van der Waals surface area contributed by atoms with Gasteiger partial charge in [0.2, 0.25) is 0 Å². The molecule has 2 aliphatic rings. The Kier molecular flexibility index (Phi) is 4.71. The van der Waals surface area contributed by atoms with Crippen LogP contribution >= 0.6 is 0 Å². The molecule has 0 bridgehead atoms. The summed E-state index contributed by atoms with van der Waals surface area (Å²) in [6.45, 7) is 5.02. The molecule has 2 aromatic heterocycles. The summed E-state index contributed by atoms with van der Waals surface area (Å²) in [6, 6.07) is 8.23. The van der Waals surface area contributed by atoms with Crippen LogP contribution in [-0.4, -0.2) is 52.7 Å². The molecule has 4 heterocycles. The molecule has 5 rings (SSSR count). The van der Waals surface area contributed by atoms with Crippen molar-refractivity contribution in [1.82, 2.24) is 19.8 Å². The van der Waals surface area contributed by atoms with Crippen LogP contribution in [0.5, 0.6) is 11.5 Å². The molecule has 1 fully saturated rings. The number of piperidine rings is 1. The molecule has 8 heteroatoms. The van der Waals surface area contributed by atoms with Crippen molar-refractivity contribution in [3.05, 3.63) is 41.2 Å². The van der Waals surface area contributed by atoms with Crippen LogP contribution in [0.1, 0.15) is 29.8 Å². The minimum atomic E-state index is 0.203. The molecule has 0 radical (unpaired) electrons. The van der Waals surface area contributed by atoms with Crippen molar-refractivity contribution in [2.45, 2.75) is 38.9 Å². The van der Waals surface area contributed by atoms with Gasteiger partial charge in [0, 0.05) is 45.5 Å². The maximum absolute atomic E-state index is 6.24. The lowest BCUT2D eigenvalue weighted by molar-refractivity contribution is 0.170. The van der Waals surface area contributed by atoms with Gasteiger partial charge in [-0.15, -0.1) is 15.3 Å². The molecular weight excluding hydrogens is 370 g/mol. The average Bonchev–Trinajstić information content (AvgIpc) is 3.35. The minimum absolute atomic E-state index is 0.203. The highest BCUT2D eigenvalue weighted by atomic mass is 16.5. The first-order valence-electron chi connectivity index (χ1n) is 10.1. The summed E-state index contributed by atoms with van der Waals surface area (Å²) in [5.74, 6) is 3.54. The number of aromatic nitrogens is 4. The van der Waals surface area contributed by atoms with E-state index >= 15 is 0 Å². The maximum atomic E-state index is 6.24. The van der Waals surface area contributed by atoms with Crippen LogP contribution in [0.4, 0.5) is 5.82 Å². The van der Waals surface area contributed by atoms with Crippen LogP contribution < -0.4 is 14.4 Å². The second kappa shape index (κ2) is 7.51. The quantitative estimate of drug-likeness (QED) is 0.657. The van der Waals surface area contributed by atoms with E-state index in [2.05, 4.69) is 34.2 Å². The lowest BCUT2D eigenvalue weighted by Crippen LogP contribution is -2.39. The van der Waals surface area contributed by atoms with Gasteiger partial charge in [-0.25, -0.2) is 0 Å². The predicted octanol–water partition coefficient (Wildman–Crippen LogP) is 2.56. The van der Waals surface area contributed by atoms with Gasteiger partial charge in [-0.3, -0.25) is 0 Å². The fourth-order valence-electron chi connectivity index (χ4n) is 4.09. The SMILES string of the molecule is COCc1nnc2cc(C)c(N3CCC(Oc4ccc5c(c4)OCC5)CC3)nn12. The van der Waals surface area contributed by atoms with Crippen LogP contribution in [0.3, 0.4) is 0 Å². The van der Waals surface area contributed by atoms with Crippen molar-refractivity contribution in [2.24, 2.45) is 0 Å². The van der Waals surface area contributed by atoms with E-state index in [4.69, 9.17) is 19.3 Å². The Labute approximate surface area is 169 Å². The van der Waals surface area contributed by atoms with Crippen LogP contribution in [0, 0.1) is 6.92 Å². The molecule has 2 aliphatic heterocycles. The Morgan fingerprint density at radius 2 is 2.03 bits per heavy atom. The van der Waals surface area contributed by atoms with Gasteiger partial charge in [-0.1, -0.05) is 6.07 Å². The van der Waals surface area contributed by atoms with E-state index in [0.29, 0.717) is 12.4 Å². The first kappa shape index (κ1) is 18.2. The monoisotopic (exact) mass is 395 g/mol. The zero-order valence-electron chi connectivity index (χ0n) is 16.8. The first-order valence-corrected chi connectivity index (χ1v) is 10.1. The molecular formula is C21H25N5O3. The summed E-state index contributed by atoms with van der Waals surface area (Å²) in [6.07, 6.45) is 3.09. The molecule has 0 unspecified atom stereocenters. The van der Waals surface area contributed by atoms with Crippen molar-refractivity contribution in [1.29, 1.82) is 0 Å². The highest BCUT2D eigenvalue weighted by Gasteiger charge is 2.24. The molecule has 152 valence electrons. The van der Waals surface area contributed by atoms with Crippen molar-refractivity contribution in [3.8, 4) is 11.5 Å². The van der Waals surface area contributed by atoms with E-state index in [9.17, 15) is 0 Å². The van der Waals surface area contributed by atoms with Crippen molar-refractivity contribution >= 4 is 11.5 Å². The lowest BCUT2D eigenvalue weighted by Gasteiger charge is -2.33. The van der Waals surface area contributed by atoms with Crippen LogP contribution in [0.2, 0.25) is 0 Å². The van der Waals surface area contributed by atoms with Crippen molar-refractivity contribution < 1.29 is 14.2 Å². The van der Waals surface area contributed by atoms with E-state index in [-0.39, 0.29) is 6.10 Å². The number of anilines is 1. The molecule has 29 heavy (non-hydrogen) atoms. The standard InChI is InChI=1S/C21H25N5O3/c1-14-11-19-22-23-20(13-27-2)26(19)24-21(14)25-8-5-16(6-9-25)29-17-4-3-15-7-10-28-18(15)12-17/h3-4,11-12,16H,5-10,13H2,1-2H3. The Hall–Kier alpha value is -2.87. The van der Waals surface area contributed by atoms with E-state index in [1.807, 2.05) is 12.1 Å². The Morgan fingerprint density at radius 3 is 2.86 bits per heavy atom. The Bertz CT molecular complexity index is 1030. The number of benzene rings is 1. The molecule has 8 nitrogen and oxygen atoms in total. The zero-order valence-corrected chi connectivity index (χ0v) is 16.8. The van der Waals surface area contributed by atoms with Gasteiger partial charge in [0.15, 0.2) is 17.3 Å². The predicted molar refractivity (Wildman–Crippen MR) is 108 cm³/mol. The summed E-state index contributed by atoms with van der Waals surface area (Å²) in [5, 5.41) is 13.2. The van der Waals surface area contributed by atoms with E-state index < -0.39 is 0 Å². The first-order chi connectivity index (χ1) is 14.2. The fraction of sp³-hybridized carbons (Fsp3) is 0.476. The number of fused-ring (bicyclic) bond motifs is 2. The number of ether oxygens (including phenoxy) is 3. The van der Waals surface area contributed by atoms with Gasteiger partial charge in [0.05, 0.1) is 6.61 Å². The average molecular weight is 395 g/mol. The molecule has 0 N–H and O–H groups in total. The molecule has 3 aromatic rings. The Morgan fingerprint density at radius 1 is 1.17 bits per heavy atom. The molecule has 0 saturated carbocycles. The normalized spacial score (nSPS) is 16.8. The Balaban J connectivity index is 1.28. The van der Waals surface area contributed by atoms with Gasteiger partial charge >= 0.3 is 0 Å². The van der Waals surface area contributed by atoms with Gasteiger partial charge in [-0.2, -0.15) is 4.52 Å². The number of hydrogen-bond acceptors (Lipinski definition) is 7. The van der Waals surface area contributed by atoms with Gasteiger partial charge in [-0.05, 0) is 30.2 Å². The topological polar surface area (TPSA) is 74.0 Å². The van der Waals surface area contributed by atoms with Crippen LogP contribution in [-0.2, 0) is 17.8 Å². The van der Waals surface area contributed by atoms with Crippen molar-refractivity contribution in [2.75, 3.05) is 31.7 Å². The van der Waals surface area contributed by atoms with E-state index in [1.54, 1.807) is 11.6 Å². The van der Waals surface area contributed by atoms with Crippen molar-refractivity contribution in [3.63, 3.8) is 0 Å². The summed E-state index contributed by atoms with van der Waals surface area (Å²) in [5.41, 5.74) is 3.12. The fourth-order valence-corrected chi connectivity index (χ4v) is 4.09. The molecule has 1 aromatic carbocycles. The van der Waals surface area contributed by atoms with Crippen LogP contribution in [0.25, 0.3) is 5.65 Å². The summed E-state index contributed by atoms with van der Waals surface area (Å²) >= 11 is 0. The van der Waals surface area contributed by atoms with Gasteiger partial charge in [0.1, 0.15) is 24.2 Å². The third kappa shape index (κ3) is 3.48. The summed E-state index contributed by atoms with van der Waals surface area (Å²) in [4.78, 5) is 2.32. The third-order valence-corrected chi connectivity index (χ3v) is 5.61. The minimum Gasteiger partial charge on any atom is -0.493 e.